The molecule has 1 aliphatic carbocycles. The Kier molecular flexibility index (Phi) is 2.63. The molecule has 1 heterocycles. The number of hydrogen-bond donors (Lipinski definition) is 1. The smallest absolute Gasteiger partial charge is 0.344 e. The quantitative estimate of drug-likeness (QED) is 0.822. The summed E-state index contributed by atoms with van der Waals surface area (Å²) in [4.78, 5) is 11.9. The predicted molar refractivity (Wildman–Crippen MR) is 63.9 cm³/mol. The number of carbonyl (C=O) groups excluding carboxylic acids is 1. The highest BCUT2D eigenvalue weighted by Gasteiger charge is 2.38. The van der Waals surface area contributed by atoms with Crippen LogP contribution >= 0.6 is 0 Å². The lowest BCUT2D eigenvalue weighted by molar-refractivity contribution is 0.0302. The predicted octanol–water partition coefficient (Wildman–Crippen LogP) is 1.62. The van der Waals surface area contributed by atoms with Crippen molar-refractivity contribution < 1.29 is 19.0 Å². The van der Waals surface area contributed by atoms with Gasteiger partial charge < -0.3 is 14.2 Å². The number of rotatable bonds is 4. The lowest BCUT2D eigenvalue weighted by Crippen LogP contribution is -2.23. The van der Waals surface area contributed by atoms with Crippen molar-refractivity contribution in [3.05, 3.63) is 23.3 Å². The van der Waals surface area contributed by atoms with E-state index >= 15 is 0 Å². The van der Waals surface area contributed by atoms with Gasteiger partial charge in [-0.1, -0.05) is 0 Å². The van der Waals surface area contributed by atoms with Crippen molar-refractivity contribution in [3.63, 3.8) is 0 Å². The van der Waals surface area contributed by atoms with E-state index in [2.05, 4.69) is 5.32 Å². The minimum Gasteiger partial charge on any atom is -0.493 e. The van der Waals surface area contributed by atoms with E-state index in [-0.39, 0.29) is 12.2 Å². The van der Waals surface area contributed by atoms with E-state index in [4.69, 9.17) is 14.2 Å². The molecule has 1 aliphatic heterocycles. The average Bonchev–Trinajstić information content (AvgIpc) is 3.14. The summed E-state index contributed by atoms with van der Waals surface area (Å²) in [5.74, 6) is 0.624. The number of ether oxygens (including phenoxy) is 3. The van der Waals surface area contributed by atoms with Crippen LogP contribution in [0.15, 0.2) is 12.1 Å². The summed E-state index contributed by atoms with van der Waals surface area (Å²) in [6.45, 7) is 0. The van der Waals surface area contributed by atoms with Gasteiger partial charge in [-0.05, 0) is 25.0 Å². The van der Waals surface area contributed by atoms with Gasteiger partial charge in [0, 0.05) is 11.6 Å². The van der Waals surface area contributed by atoms with Gasteiger partial charge >= 0.3 is 5.97 Å². The van der Waals surface area contributed by atoms with Crippen molar-refractivity contribution in [2.75, 3.05) is 14.2 Å². The number of fused-ring (bicyclic) bond motifs is 1. The van der Waals surface area contributed by atoms with Gasteiger partial charge in [0.1, 0.15) is 5.56 Å². The number of hydrogen-bond acceptors (Lipinski definition) is 5. The normalized spacial score (nSPS) is 21.4. The molecule has 18 heavy (non-hydrogen) atoms. The summed E-state index contributed by atoms with van der Waals surface area (Å²) >= 11 is 0. The Bertz CT molecular complexity index is 496. The Morgan fingerprint density at radius 3 is 2.67 bits per heavy atom. The highest BCUT2D eigenvalue weighted by Crippen LogP contribution is 2.41. The van der Waals surface area contributed by atoms with Crippen LogP contribution in [0.25, 0.3) is 0 Å². The fourth-order valence-electron chi connectivity index (χ4n) is 2.19. The van der Waals surface area contributed by atoms with Crippen molar-refractivity contribution in [2.45, 2.75) is 25.1 Å². The zero-order valence-electron chi connectivity index (χ0n) is 10.4. The van der Waals surface area contributed by atoms with Gasteiger partial charge in [0.2, 0.25) is 0 Å². The first kappa shape index (κ1) is 11.3. The van der Waals surface area contributed by atoms with Crippen LogP contribution in [0, 0.1) is 0 Å². The maximum absolute atomic E-state index is 11.9. The Balaban J connectivity index is 2.01. The highest BCUT2D eigenvalue weighted by molar-refractivity contribution is 5.98. The molecule has 1 saturated carbocycles. The molecular weight excluding hydrogens is 234 g/mol. The molecule has 96 valence electrons. The summed E-state index contributed by atoms with van der Waals surface area (Å²) in [7, 11) is 3.07. The van der Waals surface area contributed by atoms with Gasteiger partial charge in [-0.15, -0.1) is 0 Å². The second-order valence-electron chi connectivity index (χ2n) is 4.49. The third kappa shape index (κ3) is 1.71. The lowest BCUT2D eigenvalue weighted by atomic mass is 10.1. The summed E-state index contributed by atoms with van der Waals surface area (Å²) in [6.07, 6.45) is 1.91. The highest BCUT2D eigenvalue weighted by atomic mass is 16.6. The minimum atomic E-state index is -0.362. The van der Waals surface area contributed by atoms with Gasteiger partial charge in [0.05, 0.1) is 14.2 Å². The first-order valence-corrected chi connectivity index (χ1v) is 5.96. The summed E-state index contributed by atoms with van der Waals surface area (Å²) < 4.78 is 15.8. The first-order chi connectivity index (χ1) is 8.74. The third-order valence-electron chi connectivity index (χ3n) is 3.25. The van der Waals surface area contributed by atoms with Gasteiger partial charge in [0.15, 0.2) is 17.7 Å². The molecule has 1 fully saturated rings. The monoisotopic (exact) mass is 249 g/mol. The van der Waals surface area contributed by atoms with E-state index in [0.717, 1.165) is 18.4 Å². The lowest BCUT2D eigenvalue weighted by Gasteiger charge is -2.13. The van der Waals surface area contributed by atoms with Crippen LogP contribution < -0.4 is 14.8 Å². The van der Waals surface area contributed by atoms with Crippen molar-refractivity contribution in [1.29, 1.82) is 0 Å². The molecule has 3 rings (SSSR count). The molecule has 1 N–H and O–H groups in total. The molecule has 0 bridgehead atoms. The summed E-state index contributed by atoms with van der Waals surface area (Å²) in [6, 6.07) is 4.10. The number of esters is 1. The average molecular weight is 249 g/mol. The van der Waals surface area contributed by atoms with E-state index in [1.165, 1.54) is 7.11 Å². The molecule has 0 spiro atoms. The number of nitrogens with one attached hydrogen (secondary N) is 1. The Hall–Kier alpha value is -1.75. The second-order valence-corrected chi connectivity index (χ2v) is 4.49. The van der Waals surface area contributed by atoms with Crippen LogP contribution in [0.2, 0.25) is 0 Å². The first-order valence-electron chi connectivity index (χ1n) is 5.96. The van der Waals surface area contributed by atoms with Crippen LogP contribution in [0.3, 0.4) is 0 Å². The molecule has 0 unspecified atom stereocenters. The minimum absolute atomic E-state index is 0.361. The van der Waals surface area contributed by atoms with Gasteiger partial charge in [-0.3, -0.25) is 5.32 Å². The molecule has 0 aromatic heterocycles. The molecule has 0 amide bonds. The third-order valence-corrected chi connectivity index (χ3v) is 3.25. The molecule has 0 radical (unpaired) electrons. The van der Waals surface area contributed by atoms with Gasteiger partial charge in [-0.25, -0.2) is 4.79 Å². The molecule has 1 atom stereocenters. The zero-order chi connectivity index (χ0) is 12.7. The van der Waals surface area contributed by atoms with Crippen molar-refractivity contribution in [1.82, 2.24) is 5.32 Å². The number of cyclic esters (lactones) is 1. The van der Waals surface area contributed by atoms with Gasteiger partial charge in [0.25, 0.3) is 0 Å². The van der Waals surface area contributed by atoms with Gasteiger partial charge in [-0.2, -0.15) is 0 Å². The molecule has 2 aliphatic rings. The Morgan fingerprint density at radius 1 is 1.28 bits per heavy atom. The maximum atomic E-state index is 11.9. The number of carbonyl (C=O) groups is 1. The molecular formula is C13H15NO4. The SMILES string of the molecule is COc1ccc2c(c1OC)C(=O)O[C@H]2NC1CC1. The van der Waals surface area contributed by atoms with E-state index < -0.39 is 0 Å². The van der Waals surface area contributed by atoms with Crippen LogP contribution in [-0.4, -0.2) is 26.2 Å². The maximum Gasteiger partial charge on any atom is 0.344 e. The van der Waals surface area contributed by atoms with E-state index in [9.17, 15) is 4.79 Å². The molecule has 1 aromatic carbocycles. The summed E-state index contributed by atoms with van der Waals surface area (Å²) in [5, 5.41) is 3.29. The van der Waals surface area contributed by atoms with Crippen LogP contribution in [0.1, 0.15) is 35.0 Å². The molecule has 5 heteroatoms. The van der Waals surface area contributed by atoms with Crippen LogP contribution in [0.5, 0.6) is 11.5 Å². The van der Waals surface area contributed by atoms with Crippen molar-refractivity contribution in [3.8, 4) is 11.5 Å². The standard InChI is InChI=1S/C13H15NO4/c1-16-9-6-5-8-10(11(9)17-2)13(15)18-12(8)14-7-3-4-7/h5-7,12,14H,3-4H2,1-2H3/t12-/m1/s1. The molecule has 5 nitrogen and oxygen atoms in total. The zero-order valence-corrected chi connectivity index (χ0v) is 10.4. The topological polar surface area (TPSA) is 56.8 Å². The van der Waals surface area contributed by atoms with E-state index in [1.54, 1.807) is 13.2 Å². The second kappa shape index (κ2) is 4.17. The summed E-state index contributed by atoms with van der Waals surface area (Å²) in [5.41, 5.74) is 1.29. The Morgan fingerprint density at radius 2 is 2.06 bits per heavy atom. The van der Waals surface area contributed by atoms with Crippen LogP contribution in [0.4, 0.5) is 0 Å². The number of benzene rings is 1. The number of methoxy groups -OCH3 is 2. The van der Waals surface area contributed by atoms with E-state index in [0.29, 0.717) is 23.1 Å². The fraction of sp³-hybridized carbons (Fsp3) is 0.462. The van der Waals surface area contributed by atoms with Crippen molar-refractivity contribution in [2.24, 2.45) is 0 Å². The van der Waals surface area contributed by atoms with Crippen LogP contribution in [-0.2, 0) is 4.74 Å². The van der Waals surface area contributed by atoms with Crippen molar-refractivity contribution >= 4 is 5.97 Å². The molecule has 0 saturated heterocycles. The largest absolute Gasteiger partial charge is 0.493 e. The van der Waals surface area contributed by atoms with E-state index in [1.807, 2.05) is 6.07 Å². The Labute approximate surface area is 105 Å². The fourth-order valence-corrected chi connectivity index (χ4v) is 2.19. The molecule has 1 aromatic rings.